The maximum Gasteiger partial charge on any atom is 1.00 e. The molecule has 0 aromatic rings. The molecular weight excluding hydrogens is 398 g/mol. The third kappa shape index (κ3) is 17.9. The first-order valence-electron chi connectivity index (χ1n) is 11.7. The predicted octanol–water partition coefficient (Wildman–Crippen LogP) is 3.14. The molecule has 5 nitrogen and oxygen atoms in total. The average molecular weight is 441 g/mol. The molecule has 1 unspecified atom stereocenters. The number of unbranched alkanes of at least 4 members (excludes halogenated alkanes) is 14. The molecule has 1 saturated heterocycles. The van der Waals surface area contributed by atoms with E-state index in [9.17, 15) is 14.3 Å². The first-order chi connectivity index (χ1) is 13.5. The summed E-state index contributed by atoms with van der Waals surface area (Å²) in [6.07, 6.45) is 19.9. The van der Waals surface area contributed by atoms with Crippen molar-refractivity contribution in [2.45, 2.75) is 122 Å². The van der Waals surface area contributed by atoms with Crippen LogP contribution in [0.4, 0.5) is 0 Å². The van der Waals surface area contributed by atoms with Gasteiger partial charge in [0.25, 0.3) is 0 Å². The Hall–Kier alpha value is 0.620. The number of carbonyl (C=O) groups is 1. The summed E-state index contributed by atoms with van der Waals surface area (Å²) < 4.78 is 21.1. The molecule has 0 amide bonds. The molecular formula is C22H42NaO5P. The van der Waals surface area contributed by atoms with Crippen molar-refractivity contribution in [2.75, 3.05) is 12.8 Å². The van der Waals surface area contributed by atoms with Gasteiger partial charge in [0, 0.05) is 12.6 Å². The van der Waals surface area contributed by atoms with Crippen molar-refractivity contribution in [3.63, 3.8) is 0 Å². The summed E-state index contributed by atoms with van der Waals surface area (Å²) in [6, 6.07) is 0. The summed E-state index contributed by atoms with van der Waals surface area (Å²) in [5.41, 5.74) is 0. The van der Waals surface area contributed by atoms with Crippen LogP contribution in [0.1, 0.15) is 116 Å². The van der Waals surface area contributed by atoms with Crippen LogP contribution in [0.2, 0.25) is 0 Å². The van der Waals surface area contributed by atoms with E-state index in [0.29, 0.717) is 12.8 Å². The van der Waals surface area contributed by atoms with Gasteiger partial charge >= 0.3 is 35.5 Å². The topological polar surface area (TPSA) is 75.7 Å². The third-order valence-corrected chi connectivity index (χ3v) is 6.87. The van der Waals surface area contributed by atoms with Crippen LogP contribution in [0, 0.1) is 0 Å². The summed E-state index contributed by atoms with van der Waals surface area (Å²) in [5, 5.41) is 0. The maximum atomic E-state index is 11.7. The van der Waals surface area contributed by atoms with E-state index in [0.717, 1.165) is 12.8 Å². The average Bonchev–Trinajstić information content (AvgIpc) is 3.02. The molecule has 7 heteroatoms. The Labute approximate surface area is 200 Å². The van der Waals surface area contributed by atoms with Crippen molar-refractivity contribution in [3.8, 4) is 0 Å². The number of hydrogen-bond donors (Lipinski definition) is 0. The van der Waals surface area contributed by atoms with Crippen molar-refractivity contribution in [1.82, 2.24) is 0 Å². The van der Waals surface area contributed by atoms with Gasteiger partial charge in [0.15, 0.2) is 0 Å². The molecule has 0 saturated carbocycles. The van der Waals surface area contributed by atoms with Gasteiger partial charge < -0.3 is 18.7 Å². The van der Waals surface area contributed by atoms with E-state index < -0.39 is 13.7 Å². The summed E-state index contributed by atoms with van der Waals surface area (Å²) in [5.74, 6) is -0.245. The zero-order valence-corrected chi connectivity index (χ0v) is 21.9. The van der Waals surface area contributed by atoms with Crippen LogP contribution < -0.4 is 34.5 Å². The minimum Gasteiger partial charge on any atom is -0.778 e. The fourth-order valence-corrected chi connectivity index (χ4v) is 4.98. The Morgan fingerprint density at radius 3 is 1.76 bits per heavy atom. The van der Waals surface area contributed by atoms with Crippen molar-refractivity contribution < 1.29 is 53.1 Å². The molecule has 1 heterocycles. The Balaban J connectivity index is 0.00000784. The second kappa shape index (κ2) is 19.3. The fourth-order valence-electron chi connectivity index (χ4n) is 3.65. The van der Waals surface area contributed by atoms with Gasteiger partial charge in [-0.15, -0.1) is 0 Å². The van der Waals surface area contributed by atoms with Gasteiger partial charge in [-0.25, -0.2) is 0 Å². The number of rotatable bonds is 18. The van der Waals surface area contributed by atoms with Crippen LogP contribution in [0.15, 0.2) is 0 Å². The molecule has 0 bridgehead atoms. The molecule has 0 aliphatic carbocycles. The molecule has 166 valence electrons. The largest absolute Gasteiger partial charge is 1.00 e. The van der Waals surface area contributed by atoms with Crippen LogP contribution >= 0.6 is 7.60 Å². The summed E-state index contributed by atoms with van der Waals surface area (Å²) in [4.78, 5) is 22.8. The monoisotopic (exact) mass is 440 g/mol. The normalized spacial score (nSPS) is 21.1. The zero-order chi connectivity index (χ0) is 20.5. The molecule has 29 heavy (non-hydrogen) atoms. The van der Waals surface area contributed by atoms with Crippen molar-refractivity contribution in [1.29, 1.82) is 0 Å². The van der Waals surface area contributed by atoms with Gasteiger partial charge in [0.1, 0.15) is 14.2 Å². The summed E-state index contributed by atoms with van der Waals surface area (Å²) in [6.45, 7) is 2.32. The smallest absolute Gasteiger partial charge is 0.778 e. The van der Waals surface area contributed by atoms with Gasteiger partial charge in [-0.3, -0.25) is 4.79 Å². The maximum absolute atomic E-state index is 11.7. The van der Waals surface area contributed by atoms with Crippen LogP contribution in [0.3, 0.4) is 0 Å². The molecule has 0 radical (unpaired) electrons. The van der Waals surface area contributed by atoms with Crippen molar-refractivity contribution in [2.24, 2.45) is 0 Å². The van der Waals surface area contributed by atoms with Gasteiger partial charge in [-0.1, -0.05) is 96.8 Å². The van der Waals surface area contributed by atoms with E-state index in [1.54, 1.807) is 0 Å². The Morgan fingerprint density at radius 1 is 0.897 bits per heavy atom. The number of hydrogen-bond acceptors (Lipinski definition) is 5. The second-order valence-electron chi connectivity index (χ2n) is 8.23. The standard InChI is InChI=1S/C22H43O5P.Na/c1-2-3-4-5-6-7-8-9-10-11-12-13-14-15-16-17-22(23)26-20-21-18-19-28(24,25)27-21;/h21H,2-20H2,1H3,(H,24,25);/q;+1/p-1/t21-;/m0./s1. The van der Waals surface area contributed by atoms with E-state index in [-0.39, 0.29) is 48.3 Å². The molecule has 1 aliphatic rings. The molecule has 1 aliphatic heterocycles. The second-order valence-corrected chi connectivity index (χ2v) is 10.1. The van der Waals surface area contributed by atoms with E-state index in [2.05, 4.69) is 6.92 Å². The van der Waals surface area contributed by atoms with Gasteiger partial charge in [0.05, 0.1) is 6.10 Å². The molecule has 0 aromatic carbocycles. The minimum absolute atomic E-state index is 0. The predicted molar refractivity (Wildman–Crippen MR) is 112 cm³/mol. The van der Waals surface area contributed by atoms with Crippen molar-refractivity contribution >= 4 is 13.6 Å². The Kier molecular flexibility index (Phi) is 19.7. The Morgan fingerprint density at radius 2 is 1.34 bits per heavy atom. The molecule has 2 atom stereocenters. The molecule has 1 rings (SSSR count). The molecule has 0 aromatic heterocycles. The Bertz CT molecular complexity index is 447. The molecule has 1 fully saturated rings. The molecule has 0 spiro atoms. The minimum atomic E-state index is -3.65. The number of esters is 1. The van der Waals surface area contributed by atoms with Crippen LogP contribution in [0.5, 0.6) is 0 Å². The first kappa shape index (κ1) is 29.6. The number of carbonyl (C=O) groups excluding carboxylic acids is 1. The van der Waals surface area contributed by atoms with Gasteiger partial charge in [-0.2, -0.15) is 0 Å². The van der Waals surface area contributed by atoms with Crippen LogP contribution in [-0.2, 0) is 18.6 Å². The van der Waals surface area contributed by atoms with Crippen molar-refractivity contribution in [3.05, 3.63) is 0 Å². The van der Waals surface area contributed by atoms with E-state index in [1.807, 2.05) is 0 Å². The van der Waals surface area contributed by atoms with Gasteiger partial charge in [0.2, 0.25) is 0 Å². The van der Waals surface area contributed by atoms with Gasteiger partial charge in [-0.05, 0) is 12.8 Å². The number of ether oxygens (including phenoxy) is 1. The van der Waals surface area contributed by atoms with Crippen LogP contribution in [-0.4, -0.2) is 24.8 Å². The third-order valence-electron chi connectivity index (χ3n) is 5.45. The van der Waals surface area contributed by atoms with E-state index in [4.69, 9.17) is 9.26 Å². The summed E-state index contributed by atoms with van der Waals surface area (Å²) >= 11 is 0. The van der Waals surface area contributed by atoms with E-state index in [1.165, 1.54) is 83.5 Å². The molecule has 0 N–H and O–H groups in total. The zero-order valence-electron chi connectivity index (χ0n) is 19.0. The SMILES string of the molecule is CCCCCCCCCCCCCCCCCC(=O)OC[C@@H]1CCP(=O)([O-])O1.[Na+]. The summed E-state index contributed by atoms with van der Waals surface area (Å²) in [7, 11) is -3.65. The first-order valence-corrected chi connectivity index (χ1v) is 13.4. The quantitative estimate of drug-likeness (QED) is 0.142. The van der Waals surface area contributed by atoms with E-state index >= 15 is 0 Å². The fraction of sp³-hybridized carbons (Fsp3) is 0.955. The van der Waals surface area contributed by atoms with Crippen LogP contribution in [0.25, 0.3) is 0 Å².